The summed E-state index contributed by atoms with van der Waals surface area (Å²) in [7, 11) is 0. The second-order valence-electron chi connectivity index (χ2n) is 7.90. The molecule has 1 atom stereocenters. The maximum absolute atomic E-state index is 13.7. The first kappa shape index (κ1) is 20.1. The Morgan fingerprint density at radius 3 is 2.61 bits per heavy atom. The van der Waals surface area contributed by atoms with E-state index in [0.29, 0.717) is 5.56 Å². The summed E-state index contributed by atoms with van der Waals surface area (Å²) in [6.07, 6.45) is 1.27. The second-order valence-corrected chi connectivity index (χ2v) is 7.90. The molecule has 2 aromatic heterocycles. The molecule has 0 amide bonds. The topological polar surface area (TPSA) is 61.0 Å². The van der Waals surface area contributed by atoms with Crippen LogP contribution in [0.4, 0.5) is 8.78 Å². The minimum atomic E-state index is -2.68. The van der Waals surface area contributed by atoms with E-state index in [1.54, 1.807) is 18.5 Å². The fourth-order valence-corrected chi connectivity index (χ4v) is 3.42. The number of nitrogens with zero attached hydrogens (tertiary/aromatic N) is 2. The molecule has 0 spiro atoms. The molecule has 0 saturated carbocycles. The van der Waals surface area contributed by atoms with Crippen molar-refractivity contribution < 1.29 is 13.5 Å². The van der Waals surface area contributed by atoms with Crippen molar-refractivity contribution in [2.75, 3.05) is 6.61 Å². The van der Waals surface area contributed by atoms with Crippen LogP contribution in [-0.4, -0.2) is 22.1 Å². The van der Waals surface area contributed by atoms with E-state index in [1.807, 2.05) is 45.0 Å². The van der Waals surface area contributed by atoms with Crippen molar-refractivity contribution in [2.45, 2.75) is 39.2 Å². The van der Waals surface area contributed by atoms with E-state index in [0.717, 1.165) is 22.9 Å². The maximum atomic E-state index is 13.7. The van der Waals surface area contributed by atoms with E-state index in [4.69, 9.17) is 10.5 Å². The number of alkyl halides is 2. The molecule has 4 nitrogen and oxygen atoms in total. The lowest BCUT2D eigenvalue weighted by molar-refractivity contribution is 0.140. The average Bonchev–Trinajstić information content (AvgIpc) is 2.64. The van der Waals surface area contributed by atoms with Crippen molar-refractivity contribution in [2.24, 2.45) is 11.7 Å². The Morgan fingerprint density at radius 2 is 1.89 bits per heavy atom. The summed E-state index contributed by atoms with van der Waals surface area (Å²) in [6.45, 7) is 6.12. The summed E-state index contributed by atoms with van der Waals surface area (Å²) in [5.41, 5.74) is 7.69. The van der Waals surface area contributed by atoms with Crippen LogP contribution in [0, 0.1) is 5.92 Å². The molecular weight excluding hydrogens is 360 g/mol. The molecule has 6 heteroatoms. The lowest BCUT2D eigenvalue weighted by atomic mass is 9.93. The first-order valence-corrected chi connectivity index (χ1v) is 9.28. The van der Waals surface area contributed by atoms with Gasteiger partial charge >= 0.3 is 0 Å². The van der Waals surface area contributed by atoms with Crippen molar-refractivity contribution in [1.29, 1.82) is 0 Å². The Bertz CT molecular complexity index is 949. The fourth-order valence-electron chi connectivity index (χ4n) is 3.42. The van der Waals surface area contributed by atoms with Crippen LogP contribution < -0.4 is 10.5 Å². The van der Waals surface area contributed by atoms with Gasteiger partial charge in [-0.05, 0) is 49.9 Å². The number of fused-ring (bicyclic) bond motifs is 1. The molecule has 0 aliphatic heterocycles. The molecule has 0 aliphatic rings. The summed E-state index contributed by atoms with van der Waals surface area (Å²) in [6, 6.07) is 10.8. The molecule has 0 unspecified atom stereocenters. The van der Waals surface area contributed by atoms with Crippen LogP contribution in [0.15, 0.2) is 48.8 Å². The Labute approximate surface area is 163 Å². The SMILES string of the molecule is C[C@@H](COc1ncc(-c2ccnc3ccccc23)cc1C(F)F)CC(C)(C)N. The monoisotopic (exact) mass is 385 g/mol. The zero-order valence-electron chi connectivity index (χ0n) is 16.3. The van der Waals surface area contributed by atoms with Gasteiger partial charge in [0.15, 0.2) is 0 Å². The smallest absolute Gasteiger partial charge is 0.269 e. The minimum absolute atomic E-state index is 0.0289. The Balaban J connectivity index is 1.89. The summed E-state index contributed by atoms with van der Waals surface area (Å²) in [4.78, 5) is 8.51. The molecule has 3 aromatic rings. The van der Waals surface area contributed by atoms with E-state index in [-0.39, 0.29) is 29.5 Å². The Morgan fingerprint density at radius 1 is 1.14 bits per heavy atom. The predicted molar refractivity (Wildman–Crippen MR) is 107 cm³/mol. The van der Waals surface area contributed by atoms with Crippen LogP contribution in [0.25, 0.3) is 22.0 Å². The van der Waals surface area contributed by atoms with Gasteiger partial charge in [-0.2, -0.15) is 0 Å². The summed E-state index contributed by atoms with van der Waals surface area (Å²) < 4.78 is 33.0. The van der Waals surface area contributed by atoms with Crippen molar-refractivity contribution in [3.05, 3.63) is 54.4 Å². The molecule has 2 heterocycles. The van der Waals surface area contributed by atoms with Gasteiger partial charge in [0, 0.05) is 28.9 Å². The number of hydrogen-bond acceptors (Lipinski definition) is 4. The highest BCUT2D eigenvalue weighted by Gasteiger charge is 2.20. The van der Waals surface area contributed by atoms with Gasteiger partial charge in [-0.25, -0.2) is 13.8 Å². The minimum Gasteiger partial charge on any atom is -0.477 e. The van der Waals surface area contributed by atoms with Crippen molar-refractivity contribution in [3.63, 3.8) is 0 Å². The quantitative estimate of drug-likeness (QED) is 0.593. The van der Waals surface area contributed by atoms with Crippen LogP contribution in [0.5, 0.6) is 5.88 Å². The van der Waals surface area contributed by atoms with Crippen molar-refractivity contribution in [3.8, 4) is 17.0 Å². The van der Waals surface area contributed by atoms with Gasteiger partial charge in [0.05, 0.1) is 17.7 Å². The van der Waals surface area contributed by atoms with Gasteiger partial charge in [0.2, 0.25) is 5.88 Å². The number of para-hydroxylation sites is 1. The Kier molecular flexibility index (Phi) is 5.89. The van der Waals surface area contributed by atoms with E-state index in [1.165, 1.54) is 6.07 Å². The third-order valence-electron chi connectivity index (χ3n) is 4.45. The highest BCUT2D eigenvalue weighted by molar-refractivity contribution is 5.94. The molecule has 3 rings (SSSR count). The highest BCUT2D eigenvalue weighted by Crippen LogP contribution is 2.34. The van der Waals surface area contributed by atoms with E-state index < -0.39 is 6.43 Å². The number of hydrogen-bond donors (Lipinski definition) is 1. The number of nitrogens with two attached hydrogens (primary N) is 1. The van der Waals surface area contributed by atoms with E-state index >= 15 is 0 Å². The van der Waals surface area contributed by atoms with Crippen LogP contribution in [-0.2, 0) is 0 Å². The third kappa shape index (κ3) is 4.81. The summed E-state index contributed by atoms with van der Waals surface area (Å²) in [5.74, 6) is 0.0925. The number of ether oxygens (including phenoxy) is 1. The molecular formula is C22H25F2N3O. The summed E-state index contributed by atoms with van der Waals surface area (Å²) >= 11 is 0. The standard InChI is InChI=1S/C22H25F2N3O/c1-14(11-22(2,3)25)13-28-21-18(20(23)24)10-15(12-27-21)16-8-9-26-19-7-5-4-6-17(16)19/h4-10,12,14,20H,11,13,25H2,1-3H3/t14-/m1/s1. The molecule has 1 aromatic carbocycles. The average molecular weight is 385 g/mol. The van der Waals surface area contributed by atoms with Crippen molar-refractivity contribution in [1.82, 2.24) is 9.97 Å². The van der Waals surface area contributed by atoms with Gasteiger partial charge in [-0.1, -0.05) is 25.1 Å². The van der Waals surface area contributed by atoms with E-state index in [2.05, 4.69) is 9.97 Å². The van der Waals surface area contributed by atoms with Gasteiger partial charge in [0.1, 0.15) is 0 Å². The second kappa shape index (κ2) is 8.19. The van der Waals surface area contributed by atoms with E-state index in [9.17, 15) is 8.78 Å². The molecule has 0 aliphatic carbocycles. The molecule has 0 saturated heterocycles. The van der Waals surface area contributed by atoms with Crippen LogP contribution >= 0.6 is 0 Å². The van der Waals surface area contributed by atoms with Crippen LogP contribution in [0.2, 0.25) is 0 Å². The zero-order chi connectivity index (χ0) is 20.3. The van der Waals surface area contributed by atoms with Crippen LogP contribution in [0.1, 0.15) is 39.2 Å². The van der Waals surface area contributed by atoms with Crippen LogP contribution in [0.3, 0.4) is 0 Å². The normalized spacial score (nSPS) is 13.1. The molecule has 0 bridgehead atoms. The van der Waals surface area contributed by atoms with Gasteiger partial charge in [-0.3, -0.25) is 4.98 Å². The molecule has 28 heavy (non-hydrogen) atoms. The van der Waals surface area contributed by atoms with Gasteiger partial charge in [0.25, 0.3) is 6.43 Å². The lowest BCUT2D eigenvalue weighted by Gasteiger charge is -2.23. The Hall–Kier alpha value is -2.60. The maximum Gasteiger partial charge on any atom is 0.269 e. The highest BCUT2D eigenvalue weighted by atomic mass is 19.3. The first-order chi connectivity index (χ1) is 13.2. The molecule has 0 fully saturated rings. The first-order valence-electron chi connectivity index (χ1n) is 9.28. The number of pyridine rings is 2. The number of benzene rings is 1. The molecule has 2 N–H and O–H groups in total. The largest absolute Gasteiger partial charge is 0.477 e. The zero-order valence-corrected chi connectivity index (χ0v) is 16.3. The fraction of sp³-hybridized carbons (Fsp3) is 0.364. The third-order valence-corrected chi connectivity index (χ3v) is 4.45. The summed E-state index contributed by atoms with van der Waals surface area (Å²) in [5, 5.41) is 0.888. The van der Waals surface area contributed by atoms with Crippen molar-refractivity contribution >= 4 is 10.9 Å². The molecule has 0 radical (unpaired) electrons. The lowest BCUT2D eigenvalue weighted by Crippen LogP contribution is -2.35. The number of halogens is 2. The predicted octanol–water partition coefficient (Wildman–Crippen LogP) is 5.38. The van der Waals surface area contributed by atoms with Gasteiger partial charge in [-0.15, -0.1) is 0 Å². The van der Waals surface area contributed by atoms with Gasteiger partial charge < -0.3 is 10.5 Å². The number of aromatic nitrogens is 2. The molecule has 148 valence electrons. The number of rotatable bonds is 7.